The molecule has 5 rings (SSSR count). The second kappa shape index (κ2) is 9.83. The van der Waals surface area contributed by atoms with E-state index in [4.69, 9.17) is 4.74 Å². The molecule has 3 fully saturated rings. The van der Waals surface area contributed by atoms with Crippen LogP contribution in [0.3, 0.4) is 0 Å². The summed E-state index contributed by atoms with van der Waals surface area (Å²) >= 11 is 0. The van der Waals surface area contributed by atoms with Gasteiger partial charge in [0.25, 0.3) is 5.91 Å². The number of rotatable bonds is 5. The number of ether oxygens (including phenoxy) is 1. The third-order valence-corrected chi connectivity index (χ3v) is 9.49. The number of carbonyl (C=O) groups is 2. The van der Waals surface area contributed by atoms with Gasteiger partial charge in [-0.1, -0.05) is 6.42 Å². The normalized spacial score (nSPS) is 23.1. The number of sulfonamides is 1. The molecule has 10 heteroatoms. The predicted octanol–water partition coefficient (Wildman–Crippen LogP) is 1.67. The number of carbonyl (C=O) groups excluding carboxylic acids is 2. The van der Waals surface area contributed by atoms with Gasteiger partial charge in [0.2, 0.25) is 15.9 Å². The van der Waals surface area contributed by atoms with Crippen molar-refractivity contribution in [2.75, 3.05) is 57.3 Å². The largest absolute Gasteiger partial charge is 0.482 e. The number of fused-ring (bicyclic) bond motifs is 1. The topological polar surface area (TPSA) is 90.5 Å². The first-order chi connectivity index (χ1) is 16.4. The summed E-state index contributed by atoms with van der Waals surface area (Å²) in [5.41, 5.74) is 0.355. The van der Waals surface area contributed by atoms with Crippen LogP contribution in [-0.4, -0.2) is 92.8 Å². The second-order valence-corrected chi connectivity index (χ2v) is 11.7. The van der Waals surface area contributed by atoms with Gasteiger partial charge in [0.15, 0.2) is 6.61 Å². The van der Waals surface area contributed by atoms with Crippen molar-refractivity contribution < 1.29 is 22.7 Å². The highest BCUT2D eigenvalue weighted by Crippen LogP contribution is 2.35. The zero-order chi connectivity index (χ0) is 23.7. The number of amides is 2. The Kier molecular flexibility index (Phi) is 6.81. The zero-order valence-electron chi connectivity index (χ0n) is 19.7. The molecule has 0 bridgehead atoms. The Balaban J connectivity index is 1.28. The number of benzene rings is 1. The maximum Gasteiger partial charge on any atom is 0.265 e. The Morgan fingerprint density at radius 1 is 0.941 bits per heavy atom. The van der Waals surface area contributed by atoms with Gasteiger partial charge in [-0.3, -0.25) is 14.5 Å². The van der Waals surface area contributed by atoms with E-state index in [1.54, 1.807) is 6.07 Å². The van der Waals surface area contributed by atoms with Gasteiger partial charge in [-0.15, -0.1) is 0 Å². The van der Waals surface area contributed by atoms with E-state index in [0.29, 0.717) is 43.7 Å². The summed E-state index contributed by atoms with van der Waals surface area (Å²) in [5.74, 6) is -0.0116. The standard InChI is InChI=1S/C24H34N4O5S/c29-23(26-14-8-19(9-15-26)25-10-2-1-3-11-25)17-28-21-16-20(6-7-22(21)33-18-24(28)30)34(31,32)27-12-4-5-13-27/h6-7,16,19H,1-5,8-15,17-18H2. The van der Waals surface area contributed by atoms with Crippen LogP contribution in [0.2, 0.25) is 0 Å². The van der Waals surface area contributed by atoms with Crippen molar-refractivity contribution >= 4 is 27.5 Å². The van der Waals surface area contributed by atoms with E-state index < -0.39 is 10.0 Å². The van der Waals surface area contributed by atoms with Crippen LogP contribution in [0.15, 0.2) is 23.1 Å². The summed E-state index contributed by atoms with van der Waals surface area (Å²) in [6, 6.07) is 5.13. The number of anilines is 1. The molecule has 3 saturated heterocycles. The summed E-state index contributed by atoms with van der Waals surface area (Å²) < 4.78 is 33.1. The molecular weight excluding hydrogens is 456 g/mol. The fourth-order valence-electron chi connectivity index (χ4n) is 5.59. The molecule has 2 amide bonds. The van der Waals surface area contributed by atoms with E-state index >= 15 is 0 Å². The van der Waals surface area contributed by atoms with Crippen molar-refractivity contribution in [2.24, 2.45) is 0 Å². The molecule has 0 saturated carbocycles. The number of likely N-dealkylation sites (tertiary alicyclic amines) is 2. The minimum atomic E-state index is -3.64. The van der Waals surface area contributed by atoms with Crippen molar-refractivity contribution in [3.8, 4) is 5.75 Å². The quantitative estimate of drug-likeness (QED) is 0.624. The van der Waals surface area contributed by atoms with Gasteiger partial charge in [-0.05, 0) is 69.8 Å². The van der Waals surface area contributed by atoms with Crippen LogP contribution in [0.5, 0.6) is 5.75 Å². The van der Waals surface area contributed by atoms with Gasteiger partial charge >= 0.3 is 0 Å². The smallest absolute Gasteiger partial charge is 0.265 e. The minimum Gasteiger partial charge on any atom is -0.482 e. The molecule has 0 N–H and O–H groups in total. The van der Waals surface area contributed by atoms with E-state index in [0.717, 1.165) is 38.8 Å². The molecule has 0 spiro atoms. The summed E-state index contributed by atoms with van der Waals surface area (Å²) in [7, 11) is -3.64. The summed E-state index contributed by atoms with van der Waals surface area (Å²) in [5, 5.41) is 0. The van der Waals surface area contributed by atoms with Crippen LogP contribution >= 0.6 is 0 Å². The van der Waals surface area contributed by atoms with Crippen LogP contribution in [-0.2, 0) is 19.6 Å². The SMILES string of the molecule is O=C(CN1C(=O)COc2ccc(S(=O)(=O)N3CCCC3)cc21)N1CCC(N2CCCCC2)CC1. The number of piperidine rings is 2. The molecule has 0 radical (unpaired) electrons. The summed E-state index contributed by atoms with van der Waals surface area (Å²) in [6.07, 6.45) is 7.43. The third-order valence-electron chi connectivity index (χ3n) is 7.59. The number of hydrogen-bond acceptors (Lipinski definition) is 6. The van der Waals surface area contributed by atoms with Crippen molar-refractivity contribution in [1.82, 2.24) is 14.1 Å². The van der Waals surface area contributed by atoms with Crippen LogP contribution in [0.1, 0.15) is 44.9 Å². The van der Waals surface area contributed by atoms with Crippen molar-refractivity contribution in [3.63, 3.8) is 0 Å². The Morgan fingerprint density at radius 2 is 1.62 bits per heavy atom. The lowest BCUT2D eigenvalue weighted by molar-refractivity contribution is -0.133. The summed E-state index contributed by atoms with van der Waals surface area (Å²) in [6.45, 7) is 4.44. The first kappa shape index (κ1) is 23.6. The van der Waals surface area contributed by atoms with Crippen molar-refractivity contribution in [2.45, 2.75) is 55.9 Å². The maximum atomic E-state index is 13.1. The fourth-order valence-corrected chi connectivity index (χ4v) is 7.13. The lowest BCUT2D eigenvalue weighted by Crippen LogP contribution is -2.51. The molecule has 4 aliphatic rings. The highest BCUT2D eigenvalue weighted by Gasteiger charge is 2.34. The van der Waals surface area contributed by atoms with Crippen LogP contribution in [0.25, 0.3) is 0 Å². The van der Waals surface area contributed by atoms with E-state index in [9.17, 15) is 18.0 Å². The van der Waals surface area contributed by atoms with Gasteiger partial charge in [0, 0.05) is 32.2 Å². The lowest BCUT2D eigenvalue weighted by Gasteiger charge is -2.40. The first-order valence-corrected chi connectivity index (χ1v) is 14.0. The van der Waals surface area contributed by atoms with Crippen LogP contribution < -0.4 is 9.64 Å². The lowest BCUT2D eigenvalue weighted by atomic mass is 10.00. The van der Waals surface area contributed by atoms with Crippen LogP contribution in [0, 0.1) is 0 Å². The number of hydrogen-bond donors (Lipinski definition) is 0. The number of nitrogens with zero attached hydrogens (tertiary/aromatic N) is 4. The van der Waals surface area contributed by atoms with E-state index in [2.05, 4.69) is 4.90 Å². The Hall–Kier alpha value is -2.17. The van der Waals surface area contributed by atoms with Gasteiger partial charge in [0.05, 0.1) is 10.6 Å². The van der Waals surface area contributed by atoms with E-state index in [1.807, 2.05) is 4.90 Å². The van der Waals surface area contributed by atoms with Gasteiger partial charge in [-0.25, -0.2) is 8.42 Å². The molecule has 0 atom stereocenters. The molecule has 1 aromatic rings. The first-order valence-electron chi connectivity index (χ1n) is 12.5. The highest BCUT2D eigenvalue weighted by atomic mass is 32.2. The van der Waals surface area contributed by atoms with E-state index in [-0.39, 0.29) is 29.9 Å². The Morgan fingerprint density at radius 3 is 2.32 bits per heavy atom. The van der Waals surface area contributed by atoms with Gasteiger partial charge < -0.3 is 14.5 Å². The molecule has 186 valence electrons. The molecule has 4 aliphatic heterocycles. The van der Waals surface area contributed by atoms with Crippen LogP contribution in [0.4, 0.5) is 5.69 Å². The molecular formula is C24H34N4O5S. The fraction of sp³-hybridized carbons (Fsp3) is 0.667. The Bertz CT molecular complexity index is 1030. The molecule has 0 unspecified atom stereocenters. The maximum absolute atomic E-state index is 13.1. The average molecular weight is 491 g/mol. The minimum absolute atomic E-state index is 0.100. The third kappa shape index (κ3) is 4.67. The second-order valence-electron chi connectivity index (χ2n) is 9.72. The monoisotopic (exact) mass is 490 g/mol. The Labute approximate surface area is 201 Å². The summed E-state index contributed by atoms with van der Waals surface area (Å²) in [4.78, 5) is 31.8. The molecule has 9 nitrogen and oxygen atoms in total. The van der Waals surface area contributed by atoms with Gasteiger partial charge in [0.1, 0.15) is 12.3 Å². The van der Waals surface area contributed by atoms with Gasteiger partial charge in [-0.2, -0.15) is 4.31 Å². The zero-order valence-corrected chi connectivity index (χ0v) is 20.5. The molecule has 1 aromatic carbocycles. The average Bonchev–Trinajstić information content (AvgIpc) is 3.42. The molecule has 4 heterocycles. The predicted molar refractivity (Wildman–Crippen MR) is 127 cm³/mol. The highest BCUT2D eigenvalue weighted by molar-refractivity contribution is 7.89. The molecule has 34 heavy (non-hydrogen) atoms. The van der Waals surface area contributed by atoms with Crippen molar-refractivity contribution in [1.29, 1.82) is 0 Å². The van der Waals surface area contributed by atoms with E-state index in [1.165, 1.54) is 40.6 Å². The van der Waals surface area contributed by atoms with Crippen molar-refractivity contribution in [3.05, 3.63) is 18.2 Å². The molecule has 0 aromatic heterocycles. The molecule has 0 aliphatic carbocycles.